The number of rotatable bonds is 7. The summed E-state index contributed by atoms with van der Waals surface area (Å²) in [6, 6.07) is 0. The molecule has 0 aliphatic heterocycles. The molecule has 4 nitrogen and oxygen atoms in total. The highest BCUT2D eigenvalue weighted by Gasteiger charge is 2.18. The van der Waals surface area contributed by atoms with Crippen LogP contribution in [0.25, 0.3) is 0 Å². The summed E-state index contributed by atoms with van der Waals surface area (Å²) in [5.41, 5.74) is 0. The van der Waals surface area contributed by atoms with E-state index in [-0.39, 0.29) is 5.92 Å². The second-order valence-electron chi connectivity index (χ2n) is 3.62. The third-order valence-corrected chi connectivity index (χ3v) is 2.39. The smallest absolute Gasteiger partial charge is 0.0451 e. The van der Waals surface area contributed by atoms with Crippen LogP contribution in [0.1, 0.15) is 39.5 Å². The van der Waals surface area contributed by atoms with Crippen molar-refractivity contribution >= 4 is 11.9 Å². The zero-order valence-electron chi connectivity index (χ0n) is 8.62. The molecule has 0 amide bonds. The maximum Gasteiger partial charge on any atom is 0.0451 e. The Labute approximate surface area is 83.9 Å². The Bertz CT molecular complexity index is 200. The third-order valence-electron chi connectivity index (χ3n) is 2.39. The Morgan fingerprint density at radius 1 is 1.29 bits per heavy atom. The van der Waals surface area contributed by atoms with Gasteiger partial charge in [0.15, 0.2) is 0 Å². The number of unbranched alkanes of at least 4 members (excludes halogenated alkanes) is 1. The molecule has 0 aromatic rings. The van der Waals surface area contributed by atoms with Gasteiger partial charge >= 0.3 is 0 Å². The van der Waals surface area contributed by atoms with Crippen molar-refractivity contribution in [3.63, 3.8) is 0 Å². The molecule has 4 heteroatoms. The highest BCUT2D eigenvalue weighted by atomic mass is 16.4. The van der Waals surface area contributed by atoms with Gasteiger partial charge in [-0.2, -0.15) is 0 Å². The summed E-state index contributed by atoms with van der Waals surface area (Å²) in [5.74, 6) is -3.72. The quantitative estimate of drug-likeness (QED) is 0.545. The lowest BCUT2D eigenvalue weighted by Gasteiger charge is -2.25. The van der Waals surface area contributed by atoms with Gasteiger partial charge in [-0.1, -0.05) is 33.1 Å². The molecule has 0 N–H and O–H groups in total. The molecular formula is C10H16O4-2. The maximum absolute atomic E-state index is 10.6. The number of carboxylic acids is 2. The van der Waals surface area contributed by atoms with Crippen LogP contribution in [-0.4, -0.2) is 11.9 Å². The molecule has 0 aromatic heterocycles. The lowest BCUT2D eigenvalue weighted by Crippen LogP contribution is -2.39. The SMILES string of the molecule is CCCCC(C)C(CC(=O)[O-])C(=O)[O-]. The van der Waals surface area contributed by atoms with Crippen molar-refractivity contribution in [2.75, 3.05) is 0 Å². The average molecular weight is 200 g/mol. The second kappa shape index (κ2) is 6.40. The monoisotopic (exact) mass is 200 g/mol. The summed E-state index contributed by atoms with van der Waals surface area (Å²) in [6.07, 6.45) is 2.13. The Morgan fingerprint density at radius 2 is 1.86 bits per heavy atom. The molecule has 2 atom stereocenters. The summed E-state index contributed by atoms with van der Waals surface area (Å²) >= 11 is 0. The highest BCUT2D eigenvalue weighted by Crippen LogP contribution is 2.20. The molecule has 0 spiro atoms. The molecule has 0 saturated heterocycles. The molecule has 0 radical (unpaired) electrons. The Balaban J connectivity index is 4.18. The van der Waals surface area contributed by atoms with Crippen LogP contribution < -0.4 is 10.2 Å². The number of hydrogen-bond acceptors (Lipinski definition) is 4. The van der Waals surface area contributed by atoms with Crippen molar-refractivity contribution in [2.45, 2.75) is 39.5 Å². The van der Waals surface area contributed by atoms with Crippen LogP contribution in [0, 0.1) is 11.8 Å². The molecule has 0 aliphatic carbocycles. The van der Waals surface area contributed by atoms with Crippen LogP contribution in [0.4, 0.5) is 0 Å². The predicted octanol–water partition coefficient (Wildman–Crippen LogP) is -0.681. The summed E-state index contributed by atoms with van der Waals surface area (Å²) in [6.45, 7) is 3.73. The Kier molecular flexibility index (Phi) is 5.92. The molecule has 0 bridgehead atoms. The van der Waals surface area contributed by atoms with Gasteiger partial charge in [-0.25, -0.2) is 0 Å². The van der Waals surface area contributed by atoms with Crippen LogP contribution in [-0.2, 0) is 9.59 Å². The summed E-state index contributed by atoms with van der Waals surface area (Å²) in [7, 11) is 0. The molecule has 14 heavy (non-hydrogen) atoms. The van der Waals surface area contributed by atoms with Gasteiger partial charge < -0.3 is 19.8 Å². The molecule has 82 valence electrons. The lowest BCUT2D eigenvalue weighted by molar-refractivity contribution is -0.322. The van der Waals surface area contributed by atoms with E-state index in [2.05, 4.69) is 0 Å². The number of carbonyl (C=O) groups is 2. The topological polar surface area (TPSA) is 80.3 Å². The van der Waals surface area contributed by atoms with Crippen molar-refractivity contribution < 1.29 is 19.8 Å². The number of hydrogen-bond donors (Lipinski definition) is 0. The summed E-state index contributed by atoms with van der Waals surface area (Å²) < 4.78 is 0. The number of carboxylic acid groups (broad SMARTS) is 2. The predicted molar refractivity (Wildman–Crippen MR) is 46.8 cm³/mol. The van der Waals surface area contributed by atoms with Gasteiger partial charge in [0.25, 0.3) is 0 Å². The fourth-order valence-electron chi connectivity index (χ4n) is 1.42. The molecule has 0 aliphatic rings. The van der Waals surface area contributed by atoms with Gasteiger partial charge in [0.2, 0.25) is 0 Å². The van der Waals surface area contributed by atoms with E-state index in [1.165, 1.54) is 0 Å². The van der Waals surface area contributed by atoms with Crippen molar-refractivity contribution in [1.29, 1.82) is 0 Å². The van der Waals surface area contributed by atoms with Gasteiger partial charge in [-0.3, -0.25) is 0 Å². The van der Waals surface area contributed by atoms with Crippen LogP contribution in [0.2, 0.25) is 0 Å². The third kappa shape index (κ3) is 4.84. The van der Waals surface area contributed by atoms with E-state index in [1.54, 1.807) is 6.92 Å². The minimum Gasteiger partial charge on any atom is -0.550 e. The largest absolute Gasteiger partial charge is 0.550 e. The molecule has 0 aromatic carbocycles. The minimum atomic E-state index is -1.33. The summed E-state index contributed by atoms with van der Waals surface area (Å²) in [5, 5.41) is 20.9. The van der Waals surface area contributed by atoms with E-state index in [9.17, 15) is 19.8 Å². The average Bonchev–Trinajstić information content (AvgIpc) is 2.09. The van der Waals surface area contributed by atoms with Crippen molar-refractivity contribution in [2.24, 2.45) is 11.8 Å². The normalized spacial score (nSPS) is 14.7. The Morgan fingerprint density at radius 3 is 2.21 bits per heavy atom. The van der Waals surface area contributed by atoms with Crippen molar-refractivity contribution in [3.05, 3.63) is 0 Å². The first-order valence-corrected chi connectivity index (χ1v) is 4.89. The van der Waals surface area contributed by atoms with E-state index < -0.39 is 24.3 Å². The van der Waals surface area contributed by atoms with Gasteiger partial charge in [0.05, 0.1) is 0 Å². The first-order chi connectivity index (χ1) is 6.49. The lowest BCUT2D eigenvalue weighted by atomic mass is 9.87. The molecule has 0 fully saturated rings. The van der Waals surface area contributed by atoms with Crippen LogP contribution in [0.3, 0.4) is 0 Å². The summed E-state index contributed by atoms with van der Waals surface area (Å²) in [4.78, 5) is 20.9. The van der Waals surface area contributed by atoms with Gasteiger partial charge in [0.1, 0.15) is 0 Å². The van der Waals surface area contributed by atoms with E-state index in [0.29, 0.717) is 6.42 Å². The van der Waals surface area contributed by atoms with Gasteiger partial charge in [-0.15, -0.1) is 0 Å². The Hall–Kier alpha value is -1.06. The molecule has 0 heterocycles. The minimum absolute atomic E-state index is 0.169. The first-order valence-electron chi connectivity index (χ1n) is 4.89. The van der Waals surface area contributed by atoms with Crippen LogP contribution in [0.15, 0.2) is 0 Å². The second-order valence-corrected chi connectivity index (χ2v) is 3.62. The van der Waals surface area contributed by atoms with E-state index in [1.807, 2.05) is 6.92 Å². The molecule has 0 saturated carbocycles. The van der Waals surface area contributed by atoms with Gasteiger partial charge in [0, 0.05) is 17.9 Å². The van der Waals surface area contributed by atoms with Crippen molar-refractivity contribution in [1.82, 2.24) is 0 Å². The zero-order valence-corrected chi connectivity index (χ0v) is 8.62. The molecule has 0 rings (SSSR count). The fourth-order valence-corrected chi connectivity index (χ4v) is 1.42. The van der Waals surface area contributed by atoms with E-state index in [0.717, 1.165) is 12.8 Å². The molecular weight excluding hydrogens is 184 g/mol. The standard InChI is InChI=1S/C10H18O4/c1-3-4-5-7(2)8(10(13)14)6-9(11)12/h7-8H,3-6H2,1-2H3,(H,11,12)(H,13,14)/p-2. The number of carbonyl (C=O) groups excluding carboxylic acids is 2. The zero-order chi connectivity index (χ0) is 11.1. The van der Waals surface area contributed by atoms with E-state index in [4.69, 9.17) is 0 Å². The highest BCUT2D eigenvalue weighted by molar-refractivity contribution is 5.75. The molecule has 2 unspecified atom stereocenters. The van der Waals surface area contributed by atoms with Crippen LogP contribution in [0.5, 0.6) is 0 Å². The first kappa shape index (κ1) is 12.9. The number of aliphatic carboxylic acids is 2. The van der Waals surface area contributed by atoms with E-state index >= 15 is 0 Å². The van der Waals surface area contributed by atoms with Crippen LogP contribution >= 0.6 is 0 Å². The van der Waals surface area contributed by atoms with Gasteiger partial charge in [-0.05, 0) is 12.3 Å². The maximum atomic E-state index is 10.6. The van der Waals surface area contributed by atoms with Crippen molar-refractivity contribution in [3.8, 4) is 0 Å². The fraction of sp³-hybridized carbons (Fsp3) is 0.800.